The molecule has 1 atom stereocenters. The first-order chi connectivity index (χ1) is 11.5. The average Bonchev–Trinajstić information content (AvgIpc) is 2.57. The summed E-state index contributed by atoms with van der Waals surface area (Å²) in [5.41, 5.74) is 2.04. The standard InChI is InChI=1S/C19H18ClNO3/c1-3-7-17(22)24-18(14-8-5-4-6-9-14)19(23)21-15-11-10-13(2)16(20)12-15/h3-12,18H,1-2H3,(H,21,23)/b7-3+/t18-/m1/s1. The monoisotopic (exact) mass is 343 g/mol. The molecule has 0 aliphatic rings. The molecule has 0 heterocycles. The first kappa shape index (κ1) is 17.8. The lowest BCUT2D eigenvalue weighted by atomic mass is 10.1. The molecule has 0 aliphatic carbocycles. The summed E-state index contributed by atoms with van der Waals surface area (Å²) in [6.45, 7) is 3.58. The maximum absolute atomic E-state index is 12.6. The molecule has 124 valence electrons. The number of esters is 1. The number of hydrogen-bond acceptors (Lipinski definition) is 3. The molecule has 1 amide bonds. The van der Waals surface area contributed by atoms with Crippen LogP contribution in [0.3, 0.4) is 0 Å². The maximum atomic E-state index is 12.6. The molecule has 0 saturated heterocycles. The van der Waals surface area contributed by atoms with Crippen molar-refractivity contribution in [2.45, 2.75) is 20.0 Å². The number of anilines is 1. The highest BCUT2D eigenvalue weighted by molar-refractivity contribution is 6.31. The van der Waals surface area contributed by atoms with Crippen molar-refractivity contribution in [3.05, 3.63) is 76.8 Å². The van der Waals surface area contributed by atoms with Crippen LogP contribution in [0.25, 0.3) is 0 Å². The summed E-state index contributed by atoms with van der Waals surface area (Å²) < 4.78 is 5.29. The molecule has 2 rings (SSSR count). The van der Waals surface area contributed by atoms with Crippen LogP contribution in [0.5, 0.6) is 0 Å². The molecule has 0 saturated carbocycles. The Hall–Kier alpha value is -2.59. The summed E-state index contributed by atoms with van der Waals surface area (Å²) in [6.07, 6.45) is 1.78. The number of allylic oxidation sites excluding steroid dienone is 1. The van der Waals surface area contributed by atoms with E-state index in [0.29, 0.717) is 16.3 Å². The number of rotatable bonds is 5. The van der Waals surface area contributed by atoms with Gasteiger partial charge < -0.3 is 10.1 Å². The van der Waals surface area contributed by atoms with Crippen LogP contribution in [0, 0.1) is 6.92 Å². The van der Waals surface area contributed by atoms with Crippen LogP contribution in [0.4, 0.5) is 5.69 Å². The molecule has 0 aromatic heterocycles. The second-order valence-electron chi connectivity index (χ2n) is 5.18. The average molecular weight is 344 g/mol. The van der Waals surface area contributed by atoms with E-state index in [1.165, 1.54) is 6.08 Å². The van der Waals surface area contributed by atoms with Crippen molar-refractivity contribution in [3.8, 4) is 0 Å². The largest absolute Gasteiger partial charge is 0.444 e. The first-order valence-electron chi connectivity index (χ1n) is 7.46. The number of carbonyl (C=O) groups excluding carboxylic acids is 2. The lowest BCUT2D eigenvalue weighted by Crippen LogP contribution is -2.25. The molecular formula is C19H18ClNO3. The number of amides is 1. The van der Waals surface area contributed by atoms with E-state index in [0.717, 1.165) is 5.56 Å². The molecule has 0 spiro atoms. The molecule has 0 radical (unpaired) electrons. The van der Waals surface area contributed by atoms with Gasteiger partial charge in [0.2, 0.25) is 6.10 Å². The minimum atomic E-state index is -1.05. The van der Waals surface area contributed by atoms with Gasteiger partial charge in [0.05, 0.1) is 0 Å². The SMILES string of the molecule is C/C=C/C(=O)O[C@@H](C(=O)Nc1ccc(C)c(Cl)c1)c1ccccc1. The van der Waals surface area contributed by atoms with E-state index in [-0.39, 0.29) is 0 Å². The highest BCUT2D eigenvalue weighted by Crippen LogP contribution is 2.23. The molecule has 5 heteroatoms. The van der Waals surface area contributed by atoms with Crippen molar-refractivity contribution < 1.29 is 14.3 Å². The first-order valence-corrected chi connectivity index (χ1v) is 7.84. The quantitative estimate of drug-likeness (QED) is 0.644. The summed E-state index contributed by atoms with van der Waals surface area (Å²) >= 11 is 6.07. The Morgan fingerprint density at radius 1 is 1.17 bits per heavy atom. The van der Waals surface area contributed by atoms with Gasteiger partial charge in [-0.25, -0.2) is 4.79 Å². The van der Waals surface area contributed by atoms with Crippen LogP contribution >= 0.6 is 11.6 Å². The van der Waals surface area contributed by atoms with Crippen LogP contribution in [0.2, 0.25) is 5.02 Å². The zero-order valence-corrected chi connectivity index (χ0v) is 14.2. The van der Waals surface area contributed by atoms with Gasteiger partial charge in [0.25, 0.3) is 5.91 Å². The van der Waals surface area contributed by atoms with Gasteiger partial charge in [0, 0.05) is 22.3 Å². The zero-order chi connectivity index (χ0) is 17.5. The van der Waals surface area contributed by atoms with Crippen molar-refractivity contribution in [1.82, 2.24) is 0 Å². The Bertz CT molecular complexity index is 756. The third-order valence-corrected chi connectivity index (χ3v) is 3.72. The number of nitrogens with one attached hydrogen (secondary N) is 1. The Morgan fingerprint density at radius 3 is 2.50 bits per heavy atom. The molecule has 2 aromatic rings. The van der Waals surface area contributed by atoms with Crippen LogP contribution in [0.1, 0.15) is 24.2 Å². The highest BCUT2D eigenvalue weighted by atomic mass is 35.5. The summed E-state index contributed by atoms with van der Waals surface area (Å²) in [7, 11) is 0. The molecule has 4 nitrogen and oxygen atoms in total. The fourth-order valence-electron chi connectivity index (χ4n) is 2.07. The Balaban J connectivity index is 2.23. The predicted molar refractivity (Wildman–Crippen MR) is 94.9 cm³/mol. The topological polar surface area (TPSA) is 55.4 Å². The fraction of sp³-hybridized carbons (Fsp3) is 0.158. The van der Waals surface area contributed by atoms with Crippen LogP contribution < -0.4 is 5.32 Å². The molecule has 0 aliphatic heterocycles. The number of ether oxygens (including phenoxy) is 1. The Labute approximate surface area is 146 Å². The summed E-state index contributed by atoms with van der Waals surface area (Å²) in [6, 6.07) is 14.1. The fourth-order valence-corrected chi connectivity index (χ4v) is 2.25. The number of benzene rings is 2. The number of hydrogen-bond donors (Lipinski definition) is 1. The smallest absolute Gasteiger partial charge is 0.331 e. The zero-order valence-electron chi connectivity index (χ0n) is 13.5. The van der Waals surface area contributed by atoms with Gasteiger partial charge in [-0.3, -0.25) is 4.79 Å². The van der Waals surface area contributed by atoms with Gasteiger partial charge >= 0.3 is 5.97 Å². The molecule has 24 heavy (non-hydrogen) atoms. The van der Waals surface area contributed by atoms with E-state index in [2.05, 4.69) is 5.32 Å². The van der Waals surface area contributed by atoms with E-state index in [4.69, 9.17) is 16.3 Å². The molecule has 0 bridgehead atoms. The number of carbonyl (C=O) groups is 2. The molecular weight excluding hydrogens is 326 g/mol. The second kappa shape index (κ2) is 8.31. The van der Waals surface area contributed by atoms with Gasteiger partial charge in [-0.2, -0.15) is 0 Å². The second-order valence-corrected chi connectivity index (χ2v) is 5.59. The minimum absolute atomic E-state index is 0.445. The molecule has 0 unspecified atom stereocenters. The normalized spacial score (nSPS) is 12.0. The molecule has 2 aromatic carbocycles. The summed E-state index contributed by atoms with van der Waals surface area (Å²) in [5, 5.41) is 3.28. The Morgan fingerprint density at radius 2 is 1.88 bits per heavy atom. The summed E-state index contributed by atoms with van der Waals surface area (Å²) in [5.74, 6) is -1.03. The Kier molecular flexibility index (Phi) is 6.15. The lowest BCUT2D eigenvalue weighted by molar-refractivity contribution is -0.149. The van der Waals surface area contributed by atoms with Gasteiger partial charge in [0.15, 0.2) is 0 Å². The van der Waals surface area contributed by atoms with E-state index < -0.39 is 18.0 Å². The minimum Gasteiger partial charge on any atom is -0.444 e. The molecule has 0 fully saturated rings. The van der Waals surface area contributed by atoms with Crippen LogP contribution in [-0.2, 0) is 14.3 Å². The van der Waals surface area contributed by atoms with Crippen molar-refractivity contribution in [1.29, 1.82) is 0 Å². The third kappa shape index (κ3) is 4.70. The van der Waals surface area contributed by atoms with Crippen molar-refractivity contribution >= 4 is 29.2 Å². The van der Waals surface area contributed by atoms with Crippen LogP contribution in [-0.4, -0.2) is 11.9 Å². The lowest BCUT2D eigenvalue weighted by Gasteiger charge is -2.17. The third-order valence-electron chi connectivity index (χ3n) is 3.32. The number of aryl methyl sites for hydroxylation is 1. The van der Waals surface area contributed by atoms with Gasteiger partial charge in [-0.15, -0.1) is 0 Å². The number of halogens is 1. The predicted octanol–water partition coefficient (Wildman–Crippen LogP) is 4.45. The maximum Gasteiger partial charge on any atom is 0.331 e. The van der Waals surface area contributed by atoms with Gasteiger partial charge in [0.1, 0.15) is 0 Å². The van der Waals surface area contributed by atoms with Crippen molar-refractivity contribution in [2.75, 3.05) is 5.32 Å². The van der Waals surface area contributed by atoms with Crippen molar-refractivity contribution in [2.24, 2.45) is 0 Å². The van der Waals surface area contributed by atoms with Crippen LogP contribution in [0.15, 0.2) is 60.7 Å². The van der Waals surface area contributed by atoms with E-state index >= 15 is 0 Å². The van der Waals surface area contributed by atoms with E-state index in [1.807, 2.05) is 13.0 Å². The molecule has 1 N–H and O–H groups in total. The van der Waals surface area contributed by atoms with E-state index in [9.17, 15) is 9.59 Å². The highest BCUT2D eigenvalue weighted by Gasteiger charge is 2.24. The van der Waals surface area contributed by atoms with E-state index in [1.54, 1.807) is 55.5 Å². The van der Waals surface area contributed by atoms with Gasteiger partial charge in [-0.1, -0.05) is 54.1 Å². The summed E-state index contributed by atoms with van der Waals surface area (Å²) in [4.78, 5) is 24.4. The van der Waals surface area contributed by atoms with Gasteiger partial charge in [-0.05, 0) is 31.5 Å². The van der Waals surface area contributed by atoms with Crippen molar-refractivity contribution in [3.63, 3.8) is 0 Å².